The first-order valence-electron chi connectivity index (χ1n) is 5.78. The molecule has 0 aliphatic carbocycles. The number of nitrogens with one attached hydrogen (secondary N) is 1. The van der Waals surface area contributed by atoms with E-state index in [0.29, 0.717) is 6.61 Å². The fourth-order valence-corrected chi connectivity index (χ4v) is 3.19. The summed E-state index contributed by atoms with van der Waals surface area (Å²) in [6.45, 7) is 2.46. The summed E-state index contributed by atoms with van der Waals surface area (Å²) in [6.07, 6.45) is 0. The van der Waals surface area contributed by atoms with Gasteiger partial charge in [0.2, 0.25) is 0 Å². The number of thiophene rings is 1. The Balaban J connectivity index is 1.84. The van der Waals surface area contributed by atoms with E-state index in [0.717, 1.165) is 17.6 Å². The van der Waals surface area contributed by atoms with Crippen molar-refractivity contribution in [2.24, 2.45) is 0 Å². The van der Waals surface area contributed by atoms with Gasteiger partial charge in [-0.2, -0.15) is 0 Å². The summed E-state index contributed by atoms with van der Waals surface area (Å²) in [6, 6.07) is 10.6. The molecule has 1 heterocycles. The van der Waals surface area contributed by atoms with E-state index < -0.39 is 0 Å². The molecule has 96 valence electrons. The summed E-state index contributed by atoms with van der Waals surface area (Å²) < 4.78 is 6.29. The number of hydrogen-bond acceptors (Lipinski definition) is 3. The Kier molecular flexibility index (Phi) is 5.38. The molecule has 0 fully saturated rings. The third-order valence-electron chi connectivity index (χ3n) is 2.55. The fourth-order valence-electron chi connectivity index (χ4n) is 1.77. The van der Waals surface area contributed by atoms with Crippen LogP contribution in [0.4, 0.5) is 0 Å². The average Bonchev–Trinajstić information content (AvgIpc) is 2.76. The summed E-state index contributed by atoms with van der Waals surface area (Å²) in [5.74, 6) is 0. The smallest absolute Gasteiger partial charge is 0.0713 e. The van der Waals surface area contributed by atoms with Crippen LogP contribution in [0.1, 0.15) is 16.0 Å². The molecule has 0 bridgehead atoms. The standard InChI is InChI=1S/C14H16BrNOS/c1-17-9-12-4-2-3-11(5-12)7-16-8-14-6-13(15)10-18-14/h2-6,10,16H,7-9H2,1H3. The summed E-state index contributed by atoms with van der Waals surface area (Å²) in [5, 5.41) is 5.56. The van der Waals surface area contributed by atoms with Gasteiger partial charge in [-0.25, -0.2) is 0 Å². The topological polar surface area (TPSA) is 21.3 Å². The fraction of sp³-hybridized carbons (Fsp3) is 0.286. The minimum absolute atomic E-state index is 0.672. The van der Waals surface area contributed by atoms with Crippen molar-refractivity contribution in [3.8, 4) is 0 Å². The molecule has 0 radical (unpaired) electrons. The second-order valence-corrected chi connectivity index (χ2v) is 6.00. The van der Waals surface area contributed by atoms with Crippen LogP contribution in [0, 0.1) is 0 Å². The lowest BCUT2D eigenvalue weighted by atomic mass is 10.1. The molecule has 1 N–H and O–H groups in total. The highest BCUT2D eigenvalue weighted by Crippen LogP contribution is 2.19. The minimum atomic E-state index is 0.672. The van der Waals surface area contributed by atoms with Crippen molar-refractivity contribution in [1.82, 2.24) is 5.32 Å². The van der Waals surface area contributed by atoms with Crippen molar-refractivity contribution in [1.29, 1.82) is 0 Å². The first-order chi connectivity index (χ1) is 8.78. The Morgan fingerprint density at radius 2 is 2.06 bits per heavy atom. The van der Waals surface area contributed by atoms with Gasteiger partial charge in [-0.05, 0) is 33.1 Å². The lowest BCUT2D eigenvalue weighted by Gasteiger charge is -2.06. The van der Waals surface area contributed by atoms with E-state index in [4.69, 9.17) is 4.74 Å². The van der Waals surface area contributed by atoms with Gasteiger partial charge in [0.15, 0.2) is 0 Å². The molecule has 0 saturated heterocycles. The van der Waals surface area contributed by atoms with E-state index in [2.05, 4.69) is 57.0 Å². The SMILES string of the molecule is COCc1cccc(CNCc2cc(Br)cs2)c1. The molecule has 0 unspecified atom stereocenters. The second kappa shape index (κ2) is 7.04. The number of rotatable bonds is 6. The Morgan fingerprint density at radius 1 is 1.22 bits per heavy atom. The van der Waals surface area contributed by atoms with Crippen LogP contribution >= 0.6 is 27.3 Å². The Morgan fingerprint density at radius 3 is 2.78 bits per heavy atom. The highest BCUT2D eigenvalue weighted by atomic mass is 79.9. The summed E-state index contributed by atoms with van der Waals surface area (Å²) in [5.41, 5.74) is 2.51. The molecule has 4 heteroatoms. The molecule has 0 saturated carbocycles. The molecule has 0 aliphatic rings. The predicted octanol–water partition coefficient (Wildman–Crippen LogP) is 3.95. The summed E-state index contributed by atoms with van der Waals surface area (Å²) in [4.78, 5) is 1.34. The van der Waals surface area contributed by atoms with Crippen molar-refractivity contribution in [2.45, 2.75) is 19.7 Å². The zero-order valence-corrected chi connectivity index (χ0v) is 12.7. The largest absolute Gasteiger partial charge is 0.380 e. The number of methoxy groups -OCH3 is 1. The highest BCUT2D eigenvalue weighted by Gasteiger charge is 1.99. The zero-order valence-electron chi connectivity index (χ0n) is 10.3. The zero-order chi connectivity index (χ0) is 12.8. The number of hydrogen-bond donors (Lipinski definition) is 1. The van der Waals surface area contributed by atoms with E-state index in [1.54, 1.807) is 18.4 Å². The Bertz CT molecular complexity index is 498. The lowest BCUT2D eigenvalue weighted by molar-refractivity contribution is 0.185. The van der Waals surface area contributed by atoms with Gasteiger partial charge < -0.3 is 10.1 Å². The summed E-state index contributed by atoms with van der Waals surface area (Å²) in [7, 11) is 1.72. The van der Waals surface area contributed by atoms with Crippen molar-refractivity contribution in [3.63, 3.8) is 0 Å². The highest BCUT2D eigenvalue weighted by molar-refractivity contribution is 9.10. The Labute approximate surface area is 120 Å². The average molecular weight is 326 g/mol. The first-order valence-corrected chi connectivity index (χ1v) is 7.45. The number of ether oxygens (including phenoxy) is 1. The van der Waals surface area contributed by atoms with Crippen LogP contribution in [0.2, 0.25) is 0 Å². The number of benzene rings is 1. The minimum Gasteiger partial charge on any atom is -0.380 e. The molecular formula is C14H16BrNOS. The third kappa shape index (κ3) is 4.21. The molecule has 0 aliphatic heterocycles. The van der Waals surface area contributed by atoms with Crippen LogP contribution in [-0.2, 0) is 24.4 Å². The van der Waals surface area contributed by atoms with Gasteiger partial charge in [0.05, 0.1) is 6.61 Å². The first kappa shape index (κ1) is 13.7. The van der Waals surface area contributed by atoms with Crippen LogP contribution in [0.3, 0.4) is 0 Å². The maximum absolute atomic E-state index is 5.14. The van der Waals surface area contributed by atoms with E-state index in [9.17, 15) is 0 Å². The van der Waals surface area contributed by atoms with Gasteiger partial charge in [-0.1, -0.05) is 24.3 Å². The van der Waals surface area contributed by atoms with Crippen molar-refractivity contribution in [3.05, 3.63) is 56.2 Å². The normalized spacial score (nSPS) is 10.8. The van der Waals surface area contributed by atoms with E-state index >= 15 is 0 Å². The van der Waals surface area contributed by atoms with Gasteiger partial charge in [-0.15, -0.1) is 11.3 Å². The molecule has 0 atom stereocenters. The van der Waals surface area contributed by atoms with Gasteiger partial charge in [0.25, 0.3) is 0 Å². The molecule has 1 aromatic heterocycles. The van der Waals surface area contributed by atoms with E-state index in [1.807, 2.05) is 0 Å². The molecule has 0 amide bonds. The molecule has 18 heavy (non-hydrogen) atoms. The monoisotopic (exact) mass is 325 g/mol. The second-order valence-electron chi connectivity index (χ2n) is 4.09. The van der Waals surface area contributed by atoms with Gasteiger partial charge >= 0.3 is 0 Å². The molecule has 2 nitrogen and oxygen atoms in total. The molecule has 1 aromatic carbocycles. The number of halogens is 1. The van der Waals surface area contributed by atoms with Gasteiger partial charge in [0.1, 0.15) is 0 Å². The van der Waals surface area contributed by atoms with Crippen LogP contribution in [0.25, 0.3) is 0 Å². The van der Waals surface area contributed by atoms with Crippen LogP contribution in [0.15, 0.2) is 40.2 Å². The van der Waals surface area contributed by atoms with Crippen molar-refractivity contribution >= 4 is 27.3 Å². The summed E-state index contributed by atoms with van der Waals surface area (Å²) >= 11 is 5.23. The van der Waals surface area contributed by atoms with Crippen molar-refractivity contribution in [2.75, 3.05) is 7.11 Å². The third-order valence-corrected chi connectivity index (χ3v) is 4.25. The lowest BCUT2D eigenvalue weighted by Crippen LogP contribution is -2.11. The van der Waals surface area contributed by atoms with E-state index in [-0.39, 0.29) is 0 Å². The van der Waals surface area contributed by atoms with Crippen LogP contribution in [0.5, 0.6) is 0 Å². The molecular weight excluding hydrogens is 310 g/mol. The molecule has 2 aromatic rings. The predicted molar refractivity (Wildman–Crippen MR) is 79.7 cm³/mol. The van der Waals surface area contributed by atoms with Crippen molar-refractivity contribution < 1.29 is 4.74 Å². The van der Waals surface area contributed by atoms with E-state index in [1.165, 1.54) is 16.0 Å². The van der Waals surface area contributed by atoms with Crippen LogP contribution < -0.4 is 5.32 Å². The van der Waals surface area contributed by atoms with Gasteiger partial charge in [-0.3, -0.25) is 0 Å². The molecule has 0 spiro atoms. The quantitative estimate of drug-likeness (QED) is 0.868. The maximum atomic E-state index is 5.14. The Hall–Kier alpha value is -0.680. The maximum Gasteiger partial charge on any atom is 0.0713 e. The van der Waals surface area contributed by atoms with Gasteiger partial charge in [0, 0.05) is 34.9 Å². The van der Waals surface area contributed by atoms with Crippen LogP contribution in [-0.4, -0.2) is 7.11 Å². The molecule has 2 rings (SSSR count).